The summed E-state index contributed by atoms with van der Waals surface area (Å²) in [6, 6.07) is 5.26. The Hall–Kier alpha value is -2.54. The molecule has 0 radical (unpaired) electrons. The van der Waals surface area contributed by atoms with Crippen LogP contribution in [0.25, 0.3) is 11.3 Å². The van der Waals surface area contributed by atoms with Gasteiger partial charge in [-0.1, -0.05) is 0 Å². The van der Waals surface area contributed by atoms with Crippen molar-refractivity contribution in [1.82, 2.24) is 19.4 Å². The van der Waals surface area contributed by atoms with Gasteiger partial charge in [0.25, 0.3) is 5.56 Å². The van der Waals surface area contributed by atoms with Crippen molar-refractivity contribution in [1.29, 1.82) is 0 Å². The normalized spacial score (nSPS) is 20.7. The quantitative estimate of drug-likeness (QED) is 0.819. The third kappa shape index (κ3) is 4.08. The van der Waals surface area contributed by atoms with Gasteiger partial charge < -0.3 is 9.64 Å². The number of carbonyl (C=O) groups excluding carboxylic acids is 1. The Balaban J connectivity index is 1.35. The molecule has 0 aliphatic carbocycles. The molecular weight excluding hydrogens is 344 g/mol. The second kappa shape index (κ2) is 8.00. The molecule has 0 spiro atoms. The Morgan fingerprint density at radius 2 is 1.96 bits per heavy atom. The van der Waals surface area contributed by atoms with Crippen LogP contribution in [0.4, 0.5) is 0 Å². The van der Waals surface area contributed by atoms with Crippen LogP contribution in [-0.2, 0) is 16.1 Å². The molecule has 2 aromatic heterocycles. The molecule has 1 unspecified atom stereocenters. The lowest BCUT2D eigenvalue weighted by Crippen LogP contribution is -2.43. The van der Waals surface area contributed by atoms with Gasteiger partial charge in [-0.15, -0.1) is 0 Å². The Morgan fingerprint density at radius 3 is 2.63 bits per heavy atom. The fourth-order valence-corrected chi connectivity index (χ4v) is 3.85. The van der Waals surface area contributed by atoms with E-state index in [2.05, 4.69) is 9.97 Å². The van der Waals surface area contributed by atoms with Gasteiger partial charge in [-0.2, -0.15) is 0 Å². The van der Waals surface area contributed by atoms with E-state index in [0.717, 1.165) is 37.9 Å². The molecule has 27 heavy (non-hydrogen) atoms. The molecule has 2 saturated heterocycles. The van der Waals surface area contributed by atoms with Gasteiger partial charge in [0.15, 0.2) is 0 Å². The average molecular weight is 368 g/mol. The van der Waals surface area contributed by atoms with Gasteiger partial charge in [0.05, 0.1) is 24.5 Å². The van der Waals surface area contributed by atoms with Crippen LogP contribution < -0.4 is 5.56 Å². The molecular formula is C20H24N4O3. The molecule has 142 valence electrons. The Labute approximate surface area is 158 Å². The minimum atomic E-state index is -0.0431. The maximum absolute atomic E-state index is 12.5. The van der Waals surface area contributed by atoms with Gasteiger partial charge in [-0.05, 0) is 37.3 Å². The van der Waals surface area contributed by atoms with Gasteiger partial charge in [-0.3, -0.25) is 19.1 Å². The predicted octanol–water partition coefficient (Wildman–Crippen LogP) is 1.58. The van der Waals surface area contributed by atoms with Crippen LogP contribution in [0.15, 0.2) is 41.7 Å². The fraction of sp³-hybridized carbons (Fsp3) is 0.500. The van der Waals surface area contributed by atoms with E-state index in [1.807, 2.05) is 17.0 Å². The van der Waals surface area contributed by atoms with E-state index in [4.69, 9.17) is 4.74 Å². The van der Waals surface area contributed by atoms with E-state index in [9.17, 15) is 9.59 Å². The molecule has 2 aromatic rings. The highest BCUT2D eigenvalue weighted by atomic mass is 16.5. The second-order valence-electron chi connectivity index (χ2n) is 7.33. The second-order valence-corrected chi connectivity index (χ2v) is 7.33. The van der Waals surface area contributed by atoms with Crippen molar-refractivity contribution in [2.45, 2.75) is 25.8 Å². The zero-order valence-electron chi connectivity index (χ0n) is 15.3. The molecule has 0 aromatic carbocycles. The number of amides is 1. The SMILES string of the molecule is O=C(C1CCOC1)N1CCC(Cn2cnc(-c3ccncc3)cc2=O)CC1. The fourth-order valence-electron chi connectivity index (χ4n) is 3.85. The zero-order chi connectivity index (χ0) is 18.6. The molecule has 4 rings (SSSR count). The van der Waals surface area contributed by atoms with E-state index in [1.165, 1.54) is 0 Å². The lowest BCUT2D eigenvalue weighted by Gasteiger charge is -2.33. The number of hydrogen-bond donors (Lipinski definition) is 0. The minimum Gasteiger partial charge on any atom is -0.381 e. The summed E-state index contributed by atoms with van der Waals surface area (Å²) in [6.45, 7) is 3.42. The van der Waals surface area contributed by atoms with Gasteiger partial charge in [0, 0.05) is 50.3 Å². The zero-order valence-corrected chi connectivity index (χ0v) is 15.3. The van der Waals surface area contributed by atoms with Gasteiger partial charge in [0.1, 0.15) is 0 Å². The third-order valence-electron chi connectivity index (χ3n) is 5.52. The summed E-state index contributed by atoms with van der Waals surface area (Å²) in [5, 5.41) is 0. The summed E-state index contributed by atoms with van der Waals surface area (Å²) in [7, 11) is 0. The Kier molecular flexibility index (Phi) is 5.29. The van der Waals surface area contributed by atoms with E-state index in [0.29, 0.717) is 31.4 Å². The number of piperidine rings is 1. The number of likely N-dealkylation sites (tertiary alicyclic amines) is 1. The van der Waals surface area contributed by atoms with E-state index >= 15 is 0 Å². The van der Waals surface area contributed by atoms with E-state index in [1.54, 1.807) is 29.4 Å². The highest BCUT2D eigenvalue weighted by Crippen LogP contribution is 2.23. The summed E-state index contributed by atoms with van der Waals surface area (Å²) in [4.78, 5) is 35.3. The topological polar surface area (TPSA) is 77.3 Å². The van der Waals surface area contributed by atoms with Crippen molar-refractivity contribution in [3.63, 3.8) is 0 Å². The monoisotopic (exact) mass is 368 g/mol. The van der Waals surface area contributed by atoms with Crippen molar-refractivity contribution in [3.05, 3.63) is 47.3 Å². The first kappa shape index (κ1) is 17.9. The summed E-state index contributed by atoms with van der Waals surface area (Å²) in [5.41, 5.74) is 1.51. The molecule has 0 N–H and O–H groups in total. The first-order valence-electron chi connectivity index (χ1n) is 9.54. The molecule has 0 bridgehead atoms. The summed E-state index contributed by atoms with van der Waals surface area (Å²) >= 11 is 0. The molecule has 7 heteroatoms. The average Bonchev–Trinajstić information content (AvgIpc) is 3.25. The number of carbonyl (C=O) groups is 1. The Morgan fingerprint density at radius 1 is 1.19 bits per heavy atom. The maximum atomic E-state index is 12.5. The highest BCUT2D eigenvalue weighted by molar-refractivity contribution is 5.79. The molecule has 7 nitrogen and oxygen atoms in total. The molecule has 4 heterocycles. The number of pyridine rings is 1. The van der Waals surface area contributed by atoms with Crippen LogP contribution in [0.3, 0.4) is 0 Å². The number of hydrogen-bond acceptors (Lipinski definition) is 5. The number of nitrogens with zero attached hydrogens (tertiary/aromatic N) is 4. The lowest BCUT2D eigenvalue weighted by molar-refractivity contribution is -0.137. The lowest BCUT2D eigenvalue weighted by atomic mass is 9.95. The van der Waals surface area contributed by atoms with Crippen LogP contribution >= 0.6 is 0 Å². The van der Waals surface area contributed by atoms with E-state index < -0.39 is 0 Å². The molecule has 1 amide bonds. The highest BCUT2D eigenvalue weighted by Gasteiger charge is 2.30. The summed E-state index contributed by atoms with van der Waals surface area (Å²) < 4.78 is 7.01. The third-order valence-corrected chi connectivity index (χ3v) is 5.52. The van der Waals surface area contributed by atoms with Gasteiger partial charge in [-0.25, -0.2) is 4.98 Å². The summed E-state index contributed by atoms with van der Waals surface area (Å²) in [5.74, 6) is 0.653. The predicted molar refractivity (Wildman–Crippen MR) is 100.0 cm³/mol. The van der Waals surface area contributed by atoms with Gasteiger partial charge >= 0.3 is 0 Å². The van der Waals surface area contributed by atoms with Crippen LogP contribution in [0.5, 0.6) is 0 Å². The van der Waals surface area contributed by atoms with Gasteiger partial charge in [0.2, 0.25) is 5.91 Å². The number of aromatic nitrogens is 3. The van der Waals surface area contributed by atoms with E-state index in [-0.39, 0.29) is 17.4 Å². The molecule has 2 aliphatic rings. The molecule has 2 fully saturated rings. The molecule has 2 aliphatic heterocycles. The van der Waals surface area contributed by atoms with Crippen molar-refractivity contribution in [2.24, 2.45) is 11.8 Å². The van der Waals surface area contributed by atoms with Crippen LogP contribution in [0.1, 0.15) is 19.3 Å². The summed E-state index contributed by atoms with van der Waals surface area (Å²) in [6.07, 6.45) is 7.68. The maximum Gasteiger partial charge on any atom is 0.253 e. The largest absolute Gasteiger partial charge is 0.381 e. The van der Waals surface area contributed by atoms with Crippen molar-refractivity contribution < 1.29 is 9.53 Å². The number of ether oxygens (including phenoxy) is 1. The van der Waals surface area contributed by atoms with Crippen LogP contribution in [0, 0.1) is 11.8 Å². The first-order valence-corrected chi connectivity index (χ1v) is 9.54. The molecule has 0 saturated carbocycles. The first-order chi connectivity index (χ1) is 13.2. The minimum absolute atomic E-state index is 0.0362. The van der Waals surface area contributed by atoms with Crippen molar-refractivity contribution in [3.8, 4) is 11.3 Å². The number of rotatable bonds is 4. The van der Waals surface area contributed by atoms with Crippen LogP contribution in [-0.4, -0.2) is 51.6 Å². The smallest absolute Gasteiger partial charge is 0.253 e. The Bertz CT molecular complexity index is 838. The van der Waals surface area contributed by atoms with Crippen LogP contribution in [0.2, 0.25) is 0 Å². The van der Waals surface area contributed by atoms with Crippen molar-refractivity contribution >= 4 is 5.91 Å². The van der Waals surface area contributed by atoms with Crippen molar-refractivity contribution in [2.75, 3.05) is 26.3 Å². The molecule has 1 atom stereocenters. The standard InChI is InChI=1S/C20H24N4O3/c25-19-11-18(16-1-6-21-7-2-16)22-14-24(19)12-15-3-8-23(9-4-15)20(26)17-5-10-27-13-17/h1-2,6-7,11,14-15,17H,3-5,8-10,12-13H2.